The fourth-order valence-corrected chi connectivity index (χ4v) is 4.77. The zero-order valence-electron chi connectivity index (χ0n) is 16.8. The van der Waals surface area contributed by atoms with Gasteiger partial charge in [0.05, 0.1) is 28.5 Å². The lowest BCUT2D eigenvalue weighted by Crippen LogP contribution is -2.39. The Labute approximate surface area is 190 Å². The van der Waals surface area contributed by atoms with Crippen molar-refractivity contribution in [2.24, 2.45) is 4.99 Å². The van der Waals surface area contributed by atoms with Crippen molar-refractivity contribution in [1.29, 1.82) is 0 Å². The van der Waals surface area contributed by atoms with Crippen molar-refractivity contribution in [3.63, 3.8) is 0 Å². The zero-order chi connectivity index (χ0) is 22.1. The summed E-state index contributed by atoms with van der Waals surface area (Å²) in [6.07, 6.45) is 1.70. The minimum atomic E-state index is -0.654. The Morgan fingerprint density at radius 3 is 2.55 bits per heavy atom. The van der Waals surface area contributed by atoms with Crippen LogP contribution >= 0.6 is 27.3 Å². The van der Waals surface area contributed by atoms with Gasteiger partial charge < -0.3 is 4.74 Å². The van der Waals surface area contributed by atoms with Gasteiger partial charge in [-0.05, 0) is 55.3 Å². The molecule has 31 heavy (non-hydrogen) atoms. The van der Waals surface area contributed by atoms with Gasteiger partial charge in [-0.25, -0.2) is 14.2 Å². The number of rotatable bonds is 4. The fraction of sp³-hybridized carbons (Fsp3) is 0.174. The zero-order valence-corrected chi connectivity index (χ0v) is 19.2. The van der Waals surface area contributed by atoms with Crippen LogP contribution in [-0.2, 0) is 9.53 Å². The third-order valence-corrected chi connectivity index (χ3v) is 6.38. The van der Waals surface area contributed by atoms with Crippen LogP contribution in [0.2, 0.25) is 0 Å². The van der Waals surface area contributed by atoms with Crippen molar-refractivity contribution in [2.45, 2.75) is 19.9 Å². The second-order valence-corrected chi connectivity index (χ2v) is 8.83. The number of halogens is 2. The molecule has 0 fully saturated rings. The molecule has 2 heterocycles. The highest BCUT2D eigenvalue weighted by Crippen LogP contribution is 2.31. The lowest BCUT2D eigenvalue weighted by molar-refractivity contribution is -0.139. The van der Waals surface area contributed by atoms with Gasteiger partial charge in [-0.3, -0.25) is 9.36 Å². The third kappa shape index (κ3) is 4.18. The molecule has 0 N–H and O–H groups in total. The maximum atomic E-state index is 13.4. The van der Waals surface area contributed by atoms with E-state index in [0.717, 1.165) is 10.0 Å². The third-order valence-electron chi connectivity index (χ3n) is 4.87. The maximum Gasteiger partial charge on any atom is 0.338 e. The van der Waals surface area contributed by atoms with E-state index in [-0.39, 0.29) is 18.0 Å². The lowest BCUT2D eigenvalue weighted by atomic mass is 9.96. The van der Waals surface area contributed by atoms with Crippen LogP contribution in [0.4, 0.5) is 4.39 Å². The Morgan fingerprint density at radius 1 is 1.23 bits per heavy atom. The Bertz CT molecular complexity index is 1360. The first kappa shape index (κ1) is 21.4. The molecule has 0 radical (unpaired) electrons. The van der Waals surface area contributed by atoms with Crippen molar-refractivity contribution in [3.05, 3.63) is 101 Å². The van der Waals surface area contributed by atoms with Crippen LogP contribution < -0.4 is 14.9 Å². The Balaban J connectivity index is 1.94. The van der Waals surface area contributed by atoms with Crippen LogP contribution in [0.1, 0.15) is 31.0 Å². The van der Waals surface area contributed by atoms with Gasteiger partial charge >= 0.3 is 5.97 Å². The summed E-state index contributed by atoms with van der Waals surface area (Å²) < 4.78 is 21.4. The minimum Gasteiger partial charge on any atom is -0.463 e. The molecule has 0 amide bonds. The molecule has 0 spiro atoms. The summed E-state index contributed by atoms with van der Waals surface area (Å²) in [5.74, 6) is -0.840. The predicted molar refractivity (Wildman–Crippen MR) is 121 cm³/mol. The normalized spacial score (nSPS) is 16.1. The van der Waals surface area contributed by atoms with E-state index >= 15 is 0 Å². The van der Waals surface area contributed by atoms with Gasteiger partial charge in [0.15, 0.2) is 4.80 Å². The summed E-state index contributed by atoms with van der Waals surface area (Å²) in [4.78, 5) is 31.2. The van der Waals surface area contributed by atoms with E-state index in [1.807, 2.05) is 24.3 Å². The number of carbonyl (C=O) groups is 1. The van der Waals surface area contributed by atoms with Crippen LogP contribution in [0, 0.1) is 5.82 Å². The van der Waals surface area contributed by atoms with E-state index in [1.165, 1.54) is 28.0 Å². The van der Waals surface area contributed by atoms with Crippen molar-refractivity contribution in [3.8, 4) is 0 Å². The van der Waals surface area contributed by atoms with Gasteiger partial charge in [-0.1, -0.05) is 51.5 Å². The highest BCUT2D eigenvalue weighted by atomic mass is 79.9. The number of esters is 1. The molecule has 0 aliphatic carbocycles. The molecule has 8 heteroatoms. The standard InChI is InChI=1S/C23H18BrFN2O3S/c1-3-30-22(29)19-13(2)26-23-27(20(19)15-6-8-16(24)9-7-15)21(28)18(31-23)12-14-4-10-17(25)11-5-14/h4-12,20H,3H2,1-2H3/b18-12+/t20-/m1/s1. The molecule has 0 bridgehead atoms. The molecule has 0 saturated heterocycles. The second kappa shape index (κ2) is 8.72. The highest BCUT2D eigenvalue weighted by Gasteiger charge is 2.33. The van der Waals surface area contributed by atoms with Gasteiger partial charge in [0.1, 0.15) is 5.82 Å². The largest absolute Gasteiger partial charge is 0.463 e. The number of carbonyl (C=O) groups excluding carboxylic acids is 1. The summed E-state index contributed by atoms with van der Waals surface area (Å²) >= 11 is 4.65. The van der Waals surface area contributed by atoms with Gasteiger partial charge in [-0.2, -0.15) is 0 Å². The van der Waals surface area contributed by atoms with Gasteiger partial charge in [0.25, 0.3) is 5.56 Å². The van der Waals surface area contributed by atoms with E-state index in [2.05, 4.69) is 20.9 Å². The van der Waals surface area contributed by atoms with Crippen LogP contribution in [0.15, 0.2) is 74.1 Å². The van der Waals surface area contributed by atoms with Gasteiger partial charge in [-0.15, -0.1) is 0 Å². The van der Waals surface area contributed by atoms with E-state index in [0.29, 0.717) is 26.2 Å². The Kier molecular flexibility index (Phi) is 6.02. The molecule has 1 aliphatic heterocycles. The molecule has 0 saturated carbocycles. The average molecular weight is 501 g/mol. The van der Waals surface area contributed by atoms with Crippen LogP contribution in [0.3, 0.4) is 0 Å². The van der Waals surface area contributed by atoms with Crippen LogP contribution in [0.25, 0.3) is 6.08 Å². The highest BCUT2D eigenvalue weighted by molar-refractivity contribution is 9.10. The Morgan fingerprint density at radius 2 is 1.90 bits per heavy atom. The SMILES string of the molecule is CCOC(=O)C1=C(C)N=c2s/c(=C/c3ccc(F)cc3)c(=O)n2[C@@H]1c1ccc(Br)cc1. The number of nitrogens with zero attached hydrogens (tertiary/aromatic N) is 2. The monoisotopic (exact) mass is 500 g/mol. The summed E-state index contributed by atoms with van der Waals surface area (Å²) in [6.45, 7) is 3.70. The van der Waals surface area contributed by atoms with Crippen molar-refractivity contribution >= 4 is 39.3 Å². The van der Waals surface area contributed by atoms with Crippen molar-refractivity contribution in [2.75, 3.05) is 6.61 Å². The molecule has 2 aromatic carbocycles. The lowest BCUT2D eigenvalue weighted by Gasteiger charge is -2.24. The summed E-state index contributed by atoms with van der Waals surface area (Å²) in [5.41, 5.74) is 2.06. The molecule has 3 aromatic rings. The number of allylic oxidation sites excluding steroid dienone is 1. The smallest absolute Gasteiger partial charge is 0.338 e. The van der Waals surface area contributed by atoms with Gasteiger partial charge in [0, 0.05) is 4.47 Å². The van der Waals surface area contributed by atoms with E-state index in [1.54, 1.807) is 32.1 Å². The first-order chi connectivity index (χ1) is 14.9. The molecule has 1 atom stereocenters. The summed E-state index contributed by atoms with van der Waals surface area (Å²) in [7, 11) is 0. The summed E-state index contributed by atoms with van der Waals surface area (Å²) in [5, 5.41) is 0. The predicted octanol–water partition coefficient (Wildman–Crippen LogP) is 3.70. The molecular formula is C23H18BrFN2O3S. The Hall–Kier alpha value is -2.84. The average Bonchev–Trinajstić information content (AvgIpc) is 3.04. The van der Waals surface area contributed by atoms with E-state index in [9.17, 15) is 14.0 Å². The molecule has 1 aromatic heterocycles. The number of aromatic nitrogens is 1. The topological polar surface area (TPSA) is 60.7 Å². The molecular weight excluding hydrogens is 483 g/mol. The fourth-order valence-electron chi connectivity index (χ4n) is 3.46. The minimum absolute atomic E-state index is 0.220. The van der Waals surface area contributed by atoms with Crippen molar-refractivity contribution < 1.29 is 13.9 Å². The van der Waals surface area contributed by atoms with Crippen LogP contribution in [-0.4, -0.2) is 17.1 Å². The number of hydrogen-bond acceptors (Lipinski definition) is 5. The molecule has 5 nitrogen and oxygen atoms in total. The first-order valence-corrected chi connectivity index (χ1v) is 11.2. The molecule has 1 aliphatic rings. The molecule has 0 unspecified atom stereocenters. The number of ether oxygens (including phenoxy) is 1. The number of fused-ring (bicyclic) bond motifs is 1. The van der Waals surface area contributed by atoms with E-state index < -0.39 is 12.0 Å². The number of thiazole rings is 1. The van der Waals surface area contributed by atoms with Gasteiger partial charge in [0.2, 0.25) is 0 Å². The van der Waals surface area contributed by atoms with E-state index in [4.69, 9.17) is 4.74 Å². The maximum absolute atomic E-state index is 13.4. The summed E-state index contributed by atoms with van der Waals surface area (Å²) in [6, 6.07) is 12.7. The second-order valence-electron chi connectivity index (χ2n) is 6.91. The quantitative estimate of drug-likeness (QED) is 0.513. The molecule has 4 rings (SSSR count). The number of hydrogen-bond donors (Lipinski definition) is 0. The van der Waals surface area contributed by atoms with Crippen molar-refractivity contribution in [1.82, 2.24) is 4.57 Å². The molecule has 158 valence electrons. The first-order valence-electron chi connectivity index (χ1n) is 9.59. The van der Waals surface area contributed by atoms with Crippen LogP contribution in [0.5, 0.6) is 0 Å². The number of benzene rings is 2.